The smallest absolute Gasteiger partial charge is 0.224 e. The van der Waals surface area contributed by atoms with Gasteiger partial charge in [0.1, 0.15) is 0 Å². The number of sulfone groups is 1. The van der Waals surface area contributed by atoms with Crippen molar-refractivity contribution in [1.29, 1.82) is 0 Å². The lowest BCUT2D eigenvalue weighted by atomic mass is 10.1. The van der Waals surface area contributed by atoms with Crippen molar-refractivity contribution in [3.63, 3.8) is 0 Å². The molecule has 0 bridgehead atoms. The molecule has 0 aliphatic carbocycles. The van der Waals surface area contributed by atoms with Crippen LogP contribution >= 0.6 is 11.6 Å². The maximum absolute atomic E-state index is 11.7. The van der Waals surface area contributed by atoms with Gasteiger partial charge < -0.3 is 5.32 Å². The monoisotopic (exact) mass is 281 g/mol. The van der Waals surface area contributed by atoms with Gasteiger partial charge in [-0.3, -0.25) is 4.79 Å². The number of hydrogen-bond acceptors (Lipinski definition) is 3. The number of nitrogens with one attached hydrogen (secondary N) is 1. The quantitative estimate of drug-likeness (QED) is 0.770. The predicted molar refractivity (Wildman–Crippen MR) is 68.9 cm³/mol. The zero-order valence-electron chi connectivity index (χ0n) is 10.3. The number of alkyl halides is 1. The third-order valence-electron chi connectivity index (χ3n) is 2.83. The van der Waals surface area contributed by atoms with Crippen LogP contribution in [0.25, 0.3) is 0 Å². The van der Waals surface area contributed by atoms with Crippen molar-refractivity contribution >= 4 is 27.3 Å². The molecule has 0 aromatic heterocycles. The molecule has 1 amide bonds. The summed E-state index contributed by atoms with van der Waals surface area (Å²) in [6, 6.07) is 0. The lowest BCUT2D eigenvalue weighted by Crippen LogP contribution is -2.35. The SMILES string of the molecule is CC(C)CC(Cl)CNC(=O)C1CCS(=O)(=O)C1. The van der Waals surface area contributed by atoms with Crippen LogP contribution in [0.4, 0.5) is 0 Å². The fraction of sp³-hybridized carbons (Fsp3) is 0.909. The zero-order valence-corrected chi connectivity index (χ0v) is 11.9. The van der Waals surface area contributed by atoms with E-state index in [-0.39, 0.29) is 28.7 Å². The first-order chi connectivity index (χ1) is 7.80. The lowest BCUT2D eigenvalue weighted by molar-refractivity contribution is -0.124. The van der Waals surface area contributed by atoms with Gasteiger partial charge in [-0.25, -0.2) is 8.42 Å². The summed E-state index contributed by atoms with van der Waals surface area (Å²) in [5, 5.41) is 2.65. The standard InChI is InChI=1S/C11H20ClNO3S/c1-8(2)5-10(12)6-13-11(14)9-3-4-17(15,16)7-9/h8-10H,3-7H2,1-2H3,(H,13,14). The summed E-state index contributed by atoms with van der Waals surface area (Å²) >= 11 is 6.05. The molecular formula is C11H20ClNO3S. The molecule has 0 radical (unpaired) electrons. The van der Waals surface area contributed by atoms with E-state index >= 15 is 0 Å². The molecule has 1 aliphatic heterocycles. The van der Waals surface area contributed by atoms with E-state index in [1.165, 1.54) is 0 Å². The molecule has 4 nitrogen and oxygen atoms in total. The molecule has 0 aromatic carbocycles. The largest absolute Gasteiger partial charge is 0.354 e. The number of amides is 1. The number of hydrogen-bond donors (Lipinski definition) is 1. The van der Waals surface area contributed by atoms with Crippen molar-refractivity contribution in [1.82, 2.24) is 5.32 Å². The topological polar surface area (TPSA) is 63.2 Å². The normalized spacial score (nSPS) is 24.8. The number of rotatable bonds is 5. The fourth-order valence-corrected chi connectivity index (χ4v) is 4.13. The van der Waals surface area contributed by atoms with Crippen molar-refractivity contribution in [2.24, 2.45) is 11.8 Å². The van der Waals surface area contributed by atoms with Crippen LogP contribution in [-0.4, -0.2) is 37.8 Å². The van der Waals surface area contributed by atoms with E-state index in [2.05, 4.69) is 19.2 Å². The van der Waals surface area contributed by atoms with Crippen LogP contribution < -0.4 is 5.32 Å². The minimum Gasteiger partial charge on any atom is -0.354 e. The Morgan fingerprint density at radius 3 is 2.59 bits per heavy atom. The Hall–Kier alpha value is -0.290. The molecule has 1 fully saturated rings. The van der Waals surface area contributed by atoms with E-state index in [9.17, 15) is 13.2 Å². The summed E-state index contributed by atoms with van der Waals surface area (Å²) in [5.74, 6) is 0.0295. The summed E-state index contributed by atoms with van der Waals surface area (Å²) in [7, 11) is -2.99. The third kappa shape index (κ3) is 5.25. The molecule has 100 valence electrons. The number of halogens is 1. The Kier molecular flexibility index (Phi) is 5.25. The summed E-state index contributed by atoms with van der Waals surface area (Å²) in [4.78, 5) is 11.7. The minimum atomic E-state index is -2.99. The molecule has 6 heteroatoms. The zero-order chi connectivity index (χ0) is 13.1. The molecule has 0 aromatic rings. The van der Waals surface area contributed by atoms with Gasteiger partial charge in [0.15, 0.2) is 9.84 Å². The van der Waals surface area contributed by atoms with Crippen LogP contribution in [0, 0.1) is 11.8 Å². The first-order valence-corrected chi connectivity index (χ1v) is 8.18. The van der Waals surface area contributed by atoms with Crippen LogP contribution in [0.3, 0.4) is 0 Å². The van der Waals surface area contributed by atoms with Crippen LogP contribution in [0.5, 0.6) is 0 Å². The van der Waals surface area contributed by atoms with E-state index in [1.54, 1.807) is 0 Å². The summed E-state index contributed by atoms with van der Waals surface area (Å²) in [5.41, 5.74) is 0. The second-order valence-corrected chi connectivity index (χ2v) is 7.92. The second kappa shape index (κ2) is 6.05. The summed E-state index contributed by atoms with van der Waals surface area (Å²) in [6.45, 7) is 4.55. The highest BCUT2D eigenvalue weighted by Gasteiger charge is 2.32. The van der Waals surface area contributed by atoms with E-state index in [1.807, 2.05) is 0 Å². The first-order valence-electron chi connectivity index (χ1n) is 5.92. The van der Waals surface area contributed by atoms with Crippen LogP contribution in [-0.2, 0) is 14.6 Å². The predicted octanol–water partition coefficient (Wildman–Crippen LogP) is 1.19. The molecule has 1 N–H and O–H groups in total. The third-order valence-corrected chi connectivity index (χ3v) is 4.93. The van der Waals surface area contributed by atoms with Crippen molar-refractivity contribution in [3.8, 4) is 0 Å². The van der Waals surface area contributed by atoms with Crippen LogP contribution in [0.2, 0.25) is 0 Å². The molecule has 1 saturated heterocycles. The van der Waals surface area contributed by atoms with Crippen molar-refractivity contribution < 1.29 is 13.2 Å². The molecule has 17 heavy (non-hydrogen) atoms. The molecule has 1 rings (SSSR count). The van der Waals surface area contributed by atoms with E-state index < -0.39 is 9.84 Å². The molecule has 2 atom stereocenters. The van der Waals surface area contributed by atoms with Gasteiger partial charge in [0.2, 0.25) is 5.91 Å². The van der Waals surface area contributed by atoms with Crippen molar-refractivity contribution in [2.75, 3.05) is 18.1 Å². The molecular weight excluding hydrogens is 262 g/mol. The van der Waals surface area contributed by atoms with E-state index in [0.29, 0.717) is 18.9 Å². The molecule has 1 aliphatic rings. The van der Waals surface area contributed by atoms with Crippen LogP contribution in [0.15, 0.2) is 0 Å². The van der Waals surface area contributed by atoms with Crippen molar-refractivity contribution in [3.05, 3.63) is 0 Å². The Balaban J connectivity index is 2.31. The Morgan fingerprint density at radius 1 is 1.47 bits per heavy atom. The summed E-state index contributed by atoms with van der Waals surface area (Å²) in [6.07, 6.45) is 1.27. The molecule has 2 unspecified atom stereocenters. The van der Waals surface area contributed by atoms with Crippen molar-refractivity contribution in [2.45, 2.75) is 32.1 Å². The van der Waals surface area contributed by atoms with Gasteiger partial charge >= 0.3 is 0 Å². The number of carbonyl (C=O) groups is 1. The average molecular weight is 282 g/mol. The van der Waals surface area contributed by atoms with E-state index in [4.69, 9.17) is 11.6 Å². The lowest BCUT2D eigenvalue weighted by Gasteiger charge is -2.14. The minimum absolute atomic E-state index is 0.0179. The van der Waals surface area contributed by atoms with Gasteiger partial charge in [-0.15, -0.1) is 11.6 Å². The highest BCUT2D eigenvalue weighted by atomic mass is 35.5. The van der Waals surface area contributed by atoms with Crippen LogP contribution in [0.1, 0.15) is 26.7 Å². The fourth-order valence-electron chi connectivity index (χ4n) is 1.95. The highest BCUT2D eigenvalue weighted by molar-refractivity contribution is 7.91. The second-order valence-electron chi connectivity index (χ2n) is 5.07. The summed E-state index contributed by atoms with van der Waals surface area (Å²) < 4.78 is 22.4. The maximum atomic E-state index is 11.7. The molecule has 0 spiro atoms. The van der Waals surface area contributed by atoms with E-state index in [0.717, 1.165) is 6.42 Å². The Morgan fingerprint density at radius 2 is 2.12 bits per heavy atom. The Labute approximate surface area is 108 Å². The van der Waals surface area contributed by atoms with Gasteiger partial charge in [0.25, 0.3) is 0 Å². The average Bonchev–Trinajstić information content (AvgIpc) is 2.54. The van der Waals surface area contributed by atoms with Gasteiger partial charge in [-0.1, -0.05) is 13.8 Å². The van der Waals surface area contributed by atoms with Gasteiger partial charge in [0.05, 0.1) is 22.8 Å². The highest BCUT2D eigenvalue weighted by Crippen LogP contribution is 2.18. The molecule has 0 saturated carbocycles. The van der Waals surface area contributed by atoms with Gasteiger partial charge in [-0.2, -0.15) is 0 Å². The maximum Gasteiger partial charge on any atom is 0.224 e. The van der Waals surface area contributed by atoms with Gasteiger partial charge in [-0.05, 0) is 18.8 Å². The first kappa shape index (κ1) is 14.8. The molecule has 1 heterocycles. The van der Waals surface area contributed by atoms with Gasteiger partial charge in [0, 0.05) is 6.54 Å². The number of carbonyl (C=O) groups excluding carboxylic acids is 1. The Bertz CT molecular complexity index is 367.